The van der Waals surface area contributed by atoms with Crippen LogP contribution in [0.1, 0.15) is 6.92 Å². The summed E-state index contributed by atoms with van der Waals surface area (Å²) in [6, 6.07) is 1.46. The van der Waals surface area contributed by atoms with Crippen molar-refractivity contribution in [2.24, 2.45) is 0 Å². The van der Waals surface area contributed by atoms with Gasteiger partial charge < -0.3 is 9.76 Å². The third kappa shape index (κ3) is 2.68. The predicted molar refractivity (Wildman–Crippen MR) is 45.2 cm³/mol. The van der Waals surface area contributed by atoms with Crippen LogP contribution in [0.15, 0.2) is 18.5 Å². The van der Waals surface area contributed by atoms with Gasteiger partial charge in [-0.2, -0.15) is 0 Å². The number of hydrogen-bond donors (Lipinski definition) is 1. The number of rotatable bonds is 4. The molecule has 1 N–H and O–H groups in total. The van der Waals surface area contributed by atoms with Crippen LogP contribution in [0.4, 0.5) is 4.53 Å². The van der Waals surface area contributed by atoms with Crippen LogP contribution in [0.5, 0.6) is 5.75 Å². The van der Waals surface area contributed by atoms with Gasteiger partial charge in [0.1, 0.15) is 5.75 Å². The first-order chi connectivity index (χ1) is 6.27. The Balaban J connectivity index is 2.78. The lowest BCUT2D eigenvalue weighted by Gasteiger charge is -2.04. The molecule has 0 unspecified atom stereocenters. The van der Waals surface area contributed by atoms with Gasteiger partial charge in [0.2, 0.25) is 0 Å². The summed E-state index contributed by atoms with van der Waals surface area (Å²) in [6.07, 6.45) is 2.77. The van der Waals surface area contributed by atoms with E-state index in [-0.39, 0.29) is 5.46 Å². The maximum absolute atomic E-state index is 11.6. The van der Waals surface area contributed by atoms with Crippen LogP contribution in [0.2, 0.25) is 0 Å². The molecule has 0 fully saturated rings. The summed E-state index contributed by atoms with van der Waals surface area (Å²) in [5, 5.41) is 8.93. The Morgan fingerprint density at radius 3 is 3.00 bits per heavy atom. The van der Waals surface area contributed by atoms with Gasteiger partial charge in [-0.05, 0) is 13.0 Å². The average molecular weight is 185 g/mol. The van der Waals surface area contributed by atoms with Crippen LogP contribution in [0.25, 0.3) is 0 Å². The van der Waals surface area contributed by atoms with Crippen molar-refractivity contribution in [1.82, 2.24) is 4.98 Å². The van der Waals surface area contributed by atoms with Gasteiger partial charge in [0, 0.05) is 11.7 Å². The van der Waals surface area contributed by atoms with Crippen molar-refractivity contribution in [3.8, 4) is 5.75 Å². The van der Waals surface area contributed by atoms with Crippen molar-refractivity contribution in [2.45, 2.75) is 6.92 Å². The Morgan fingerprint density at radius 1 is 1.62 bits per heavy atom. The van der Waals surface area contributed by atoms with Gasteiger partial charge in [0.15, 0.2) is 0 Å². The molecule has 0 bridgehead atoms. The minimum Gasteiger partial charge on any atom is -0.492 e. The van der Waals surface area contributed by atoms with Gasteiger partial charge in [-0.25, -0.2) is 4.86 Å². The van der Waals surface area contributed by atoms with E-state index < -0.39 is 7.12 Å². The lowest BCUT2D eigenvalue weighted by molar-refractivity contribution is -0.0267. The van der Waals surface area contributed by atoms with Crippen molar-refractivity contribution < 1.29 is 19.1 Å². The number of halogens is 1. The molecule has 1 rings (SSSR count). The highest BCUT2D eigenvalue weighted by molar-refractivity contribution is 6.59. The Bertz CT molecular complexity index is 274. The summed E-state index contributed by atoms with van der Waals surface area (Å²) in [5.74, 6) is 0.469. The van der Waals surface area contributed by atoms with Gasteiger partial charge in [0.05, 0.1) is 12.8 Å². The third-order valence-corrected chi connectivity index (χ3v) is 1.41. The van der Waals surface area contributed by atoms with Crippen LogP contribution < -0.4 is 10.2 Å². The zero-order valence-electron chi connectivity index (χ0n) is 7.11. The fourth-order valence-corrected chi connectivity index (χ4v) is 0.868. The van der Waals surface area contributed by atoms with Crippen LogP contribution in [-0.2, 0) is 4.86 Å². The molecule has 0 amide bonds. The lowest BCUT2D eigenvalue weighted by atomic mass is 9.81. The minimum absolute atomic E-state index is 0.216. The molecule has 0 saturated carbocycles. The monoisotopic (exact) mass is 185 g/mol. The van der Waals surface area contributed by atoms with E-state index in [9.17, 15) is 4.53 Å². The van der Waals surface area contributed by atoms with Crippen molar-refractivity contribution in [1.29, 1.82) is 0 Å². The smallest absolute Gasteiger partial charge is 0.492 e. The fraction of sp³-hybridized carbons (Fsp3) is 0.286. The number of aromatic nitrogens is 1. The molecule has 0 aliphatic rings. The standard InChI is InChI=1S/C7H9BFNO3/c1-2-12-7-3-6(4-10-5-7)8(11)13-9/h3-5,11H,2H2,1H3. The van der Waals surface area contributed by atoms with Crippen LogP contribution in [0.3, 0.4) is 0 Å². The van der Waals surface area contributed by atoms with Crippen molar-refractivity contribution in [3.05, 3.63) is 18.5 Å². The molecule has 0 saturated heterocycles. The van der Waals surface area contributed by atoms with E-state index in [1.54, 1.807) is 0 Å². The second-order valence-electron chi connectivity index (χ2n) is 2.33. The van der Waals surface area contributed by atoms with Gasteiger partial charge >= 0.3 is 7.12 Å². The molecular weight excluding hydrogens is 176 g/mol. The van der Waals surface area contributed by atoms with Crippen molar-refractivity contribution in [2.75, 3.05) is 6.61 Å². The Morgan fingerprint density at radius 2 is 2.38 bits per heavy atom. The van der Waals surface area contributed by atoms with Gasteiger partial charge in [0.25, 0.3) is 0 Å². The fourth-order valence-electron chi connectivity index (χ4n) is 0.868. The summed E-state index contributed by atoms with van der Waals surface area (Å²) in [7, 11) is -1.60. The van der Waals surface area contributed by atoms with Crippen LogP contribution >= 0.6 is 0 Å². The highest BCUT2D eigenvalue weighted by Gasteiger charge is 2.18. The first-order valence-corrected chi connectivity index (χ1v) is 3.81. The molecule has 6 heteroatoms. The molecule has 1 heterocycles. The molecule has 70 valence electrons. The highest BCUT2D eigenvalue weighted by atomic mass is 19.3. The molecule has 0 spiro atoms. The summed E-state index contributed by atoms with van der Waals surface area (Å²) < 4.78 is 16.7. The normalized spacial score (nSPS) is 9.77. The maximum Gasteiger partial charge on any atom is 0.531 e. The van der Waals surface area contributed by atoms with E-state index in [0.717, 1.165) is 0 Å². The Labute approximate surface area is 75.4 Å². The van der Waals surface area contributed by atoms with E-state index in [1.165, 1.54) is 18.5 Å². The van der Waals surface area contributed by atoms with E-state index in [4.69, 9.17) is 9.76 Å². The topological polar surface area (TPSA) is 51.6 Å². The zero-order valence-corrected chi connectivity index (χ0v) is 7.11. The maximum atomic E-state index is 11.6. The number of nitrogens with zero attached hydrogens (tertiary/aromatic N) is 1. The Hall–Kier alpha value is -1.14. The average Bonchev–Trinajstić information content (AvgIpc) is 2.18. The second kappa shape index (κ2) is 4.79. The van der Waals surface area contributed by atoms with E-state index in [1.807, 2.05) is 6.92 Å². The third-order valence-electron chi connectivity index (χ3n) is 1.41. The van der Waals surface area contributed by atoms with E-state index in [0.29, 0.717) is 12.4 Å². The number of pyridine rings is 1. The minimum atomic E-state index is -1.60. The summed E-state index contributed by atoms with van der Waals surface area (Å²) in [4.78, 5) is 6.97. The summed E-state index contributed by atoms with van der Waals surface area (Å²) in [6.45, 7) is 2.30. The zero-order chi connectivity index (χ0) is 9.68. The molecule has 0 radical (unpaired) electrons. The first kappa shape index (κ1) is 9.95. The molecule has 0 aliphatic heterocycles. The molecule has 1 aromatic rings. The molecule has 4 nitrogen and oxygen atoms in total. The van der Waals surface area contributed by atoms with Crippen molar-refractivity contribution in [3.63, 3.8) is 0 Å². The molecule has 0 aromatic carbocycles. The molecular formula is C7H9BFNO3. The van der Waals surface area contributed by atoms with Gasteiger partial charge in [-0.3, -0.25) is 4.98 Å². The molecule has 13 heavy (non-hydrogen) atoms. The summed E-state index contributed by atoms with van der Waals surface area (Å²) >= 11 is 0. The quantitative estimate of drug-likeness (QED) is 0.674. The summed E-state index contributed by atoms with van der Waals surface area (Å²) in [5.41, 5.74) is 0.216. The number of hydrogen-bond acceptors (Lipinski definition) is 4. The molecule has 0 aliphatic carbocycles. The van der Waals surface area contributed by atoms with Crippen LogP contribution in [0, 0.1) is 0 Å². The highest BCUT2D eigenvalue weighted by Crippen LogP contribution is 2.05. The van der Waals surface area contributed by atoms with Crippen LogP contribution in [-0.4, -0.2) is 23.7 Å². The molecule has 0 atom stereocenters. The Kier molecular flexibility index (Phi) is 3.66. The van der Waals surface area contributed by atoms with Gasteiger partial charge in [-0.1, -0.05) is 4.53 Å². The van der Waals surface area contributed by atoms with E-state index in [2.05, 4.69) is 9.84 Å². The van der Waals surface area contributed by atoms with Crippen molar-refractivity contribution >= 4 is 12.6 Å². The lowest BCUT2D eigenvalue weighted by Crippen LogP contribution is -2.31. The first-order valence-electron chi connectivity index (χ1n) is 3.81. The second-order valence-corrected chi connectivity index (χ2v) is 2.33. The largest absolute Gasteiger partial charge is 0.531 e. The molecule has 1 aromatic heterocycles. The predicted octanol–water partition coefficient (Wildman–Crippen LogP) is 0.0689. The van der Waals surface area contributed by atoms with Gasteiger partial charge in [-0.15, -0.1) is 0 Å². The van der Waals surface area contributed by atoms with E-state index >= 15 is 0 Å². The number of ether oxygens (including phenoxy) is 1. The SMILES string of the molecule is CCOc1cncc(B(O)OF)c1.